The maximum atomic E-state index is 12.3. The smallest absolute Gasteiger partial charge is 0.224 e. The fraction of sp³-hybridized carbons (Fsp3) is 0.652. The fourth-order valence-electron chi connectivity index (χ4n) is 2.69. The van der Waals surface area contributed by atoms with Crippen molar-refractivity contribution < 1.29 is 14.3 Å². The molecule has 1 aromatic carbocycles. The number of ether oxygens (including phenoxy) is 1. The summed E-state index contributed by atoms with van der Waals surface area (Å²) in [6.07, 6.45) is 0.841. The van der Waals surface area contributed by atoms with Crippen LogP contribution in [-0.4, -0.2) is 30.4 Å². The van der Waals surface area contributed by atoms with Gasteiger partial charge in [0.2, 0.25) is 5.91 Å². The lowest BCUT2D eigenvalue weighted by atomic mass is 9.95. The summed E-state index contributed by atoms with van der Waals surface area (Å²) < 4.78 is 5.34. The van der Waals surface area contributed by atoms with Gasteiger partial charge in [0.1, 0.15) is 6.04 Å². The van der Waals surface area contributed by atoms with Gasteiger partial charge in [-0.25, -0.2) is 0 Å². The van der Waals surface area contributed by atoms with Crippen molar-refractivity contribution in [1.29, 1.82) is 0 Å². The van der Waals surface area contributed by atoms with Gasteiger partial charge in [-0.1, -0.05) is 71.9 Å². The SMILES string of the molecule is CC.CC.CC.COC(C)(C)C(NC(=O)C1C[C@H]1c1ccccc1)C(C)=O. The highest BCUT2D eigenvalue weighted by molar-refractivity contribution is 5.90. The van der Waals surface area contributed by atoms with E-state index in [2.05, 4.69) is 5.32 Å². The standard InChI is InChI=1S/C17H23NO3.3C2H6/c1-11(19)15(17(2,3)21-4)18-16(20)14-10-13(14)12-8-6-5-7-9-12;3*1-2/h5-9,13-15H,10H2,1-4H3,(H,18,20);3*1-2H3/t13-,14?,15?;;;/m0.../s1. The third kappa shape index (κ3) is 8.70. The van der Waals surface area contributed by atoms with Crippen molar-refractivity contribution in [2.75, 3.05) is 7.11 Å². The van der Waals surface area contributed by atoms with Crippen LogP contribution < -0.4 is 5.32 Å². The number of hydrogen-bond acceptors (Lipinski definition) is 3. The van der Waals surface area contributed by atoms with Crippen molar-refractivity contribution in [3.8, 4) is 0 Å². The third-order valence-electron chi connectivity index (χ3n) is 4.27. The second kappa shape index (κ2) is 14.4. The van der Waals surface area contributed by atoms with E-state index in [1.807, 2.05) is 71.9 Å². The highest BCUT2D eigenvalue weighted by Gasteiger charge is 2.46. The van der Waals surface area contributed by atoms with Crippen LogP contribution in [0.5, 0.6) is 0 Å². The summed E-state index contributed by atoms with van der Waals surface area (Å²) in [6, 6.07) is 9.39. The number of Topliss-reactive ketones (excluding diaryl/α,β-unsaturated/α-hetero) is 1. The lowest BCUT2D eigenvalue weighted by Crippen LogP contribution is -2.54. The second-order valence-corrected chi connectivity index (χ2v) is 6.22. The van der Waals surface area contributed by atoms with Crippen LogP contribution in [0.15, 0.2) is 30.3 Å². The number of amides is 1. The van der Waals surface area contributed by atoms with Gasteiger partial charge in [-0.3, -0.25) is 9.59 Å². The molecule has 4 nitrogen and oxygen atoms in total. The summed E-state index contributed by atoms with van der Waals surface area (Å²) in [5, 5.41) is 2.86. The Hall–Kier alpha value is -1.68. The quantitative estimate of drug-likeness (QED) is 0.723. The molecule has 156 valence electrons. The molecule has 1 fully saturated rings. The normalized spacial score (nSPS) is 18.1. The highest BCUT2D eigenvalue weighted by Crippen LogP contribution is 2.47. The first-order chi connectivity index (χ1) is 12.9. The maximum absolute atomic E-state index is 12.3. The summed E-state index contributed by atoms with van der Waals surface area (Å²) in [4.78, 5) is 24.1. The van der Waals surface area contributed by atoms with Gasteiger partial charge in [0.05, 0.1) is 5.60 Å². The van der Waals surface area contributed by atoms with Gasteiger partial charge in [0.25, 0.3) is 0 Å². The predicted molar refractivity (Wildman–Crippen MR) is 115 cm³/mol. The van der Waals surface area contributed by atoms with Crippen LogP contribution in [0.4, 0.5) is 0 Å². The molecule has 27 heavy (non-hydrogen) atoms. The van der Waals surface area contributed by atoms with Gasteiger partial charge in [0.15, 0.2) is 5.78 Å². The summed E-state index contributed by atoms with van der Waals surface area (Å²) in [6.45, 7) is 17.1. The average Bonchev–Trinajstić information content (AvgIpc) is 3.52. The Morgan fingerprint density at radius 1 is 1.04 bits per heavy atom. The van der Waals surface area contributed by atoms with Crippen LogP contribution in [0.2, 0.25) is 0 Å². The zero-order valence-corrected chi connectivity index (χ0v) is 19.1. The number of rotatable bonds is 6. The first kappa shape index (κ1) is 27.5. The first-order valence-electron chi connectivity index (χ1n) is 10.3. The van der Waals surface area contributed by atoms with Crippen LogP contribution in [0.25, 0.3) is 0 Å². The van der Waals surface area contributed by atoms with Crippen molar-refractivity contribution >= 4 is 11.7 Å². The molecule has 1 aliphatic rings. The minimum absolute atomic E-state index is 0.0399. The molecule has 0 aromatic heterocycles. The van der Waals surface area contributed by atoms with Gasteiger partial charge in [-0.2, -0.15) is 0 Å². The Bertz CT molecular complexity index is 526. The summed E-state index contributed by atoms with van der Waals surface area (Å²) >= 11 is 0. The van der Waals surface area contributed by atoms with Gasteiger partial charge >= 0.3 is 0 Å². The minimum atomic E-state index is -0.710. The van der Waals surface area contributed by atoms with E-state index >= 15 is 0 Å². The minimum Gasteiger partial charge on any atom is -0.376 e. The Kier molecular flexibility index (Phi) is 14.7. The van der Waals surface area contributed by atoms with Crippen LogP contribution >= 0.6 is 0 Å². The van der Waals surface area contributed by atoms with Gasteiger partial charge < -0.3 is 10.1 Å². The first-order valence-corrected chi connectivity index (χ1v) is 10.3. The highest BCUT2D eigenvalue weighted by atomic mass is 16.5. The molecule has 0 bridgehead atoms. The van der Waals surface area contributed by atoms with Crippen molar-refractivity contribution in [1.82, 2.24) is 5.32 Å². The zero-order chi connectivity index (χ0) is 21.6. The molecule has 0 saturated heterocycles. The molecule has 0 radical (unpaired) electrons. The third-order valence-corrected chi connectivity index (χ3v) is 4.27. The Morgan fingerprint density at radius 2 is 1.52 bits per heavy atom. The summed E-state index contributed by atoms with van der Waals surface area (Å²) in [7, 11) is 1.55. The monoisotopic (exact) mass is 379 g/mol. The van der Waals surface area contributed by atoms with Crippen LogP contribution in [0.1, 0.15) is 80.2 Å². The maximum Gasteiger partial charge on any atom is 0.224 e. The number of nitrogens with one attached hydrogen (secondary N) is 1. The zero-order valence-electron chi connectivity index (χ0n) is 19.1. The molecule has 1 aromatic rings. The molecule has 0 heterocycles. The second-order valence-electron chi connectivity index (χ2n) is 6.22. The molecule has 1 saturated carbocycles. The molecule has 0 aliphatic heterocycles. The van der Waals surface area contributed by atoms with Crippen molar-refractivity contribution in [3.63, 3.8) is 0 Å². The van der Waals surface area contributed by atoms with Crippen LogP contribution in [0, 0.1) is 5.92 Å². The van der Waals surface area contributed by atoms with E-state index in [9.17, 15) is 9.59 Å². The predicted octanol–water partition coefficient (Wildman–Crippen LogP) is 5.37. The Balaban J connectivity index is 0. The van der Waals surface area contributed by atoms with Crippen molar-refractivity contribution in [2.45, 2.75) is 86.3 Å². The number of ketones is 1. The average molecular weight is 380 g/mol. The molecule has 1 aliphatic carbocycles. The Morgan fingerprint density at radius 3 is 1.93 bits per heavy atom. The van der Waals surface area contributed by atoms with E-state index in [0.29, 0.717) is 0 Å². The molecule has 2 rings (SSSR count). The molecule has 0 spiro atoms. The number of hydrogen-bond donors (Lipinski definition) is 1. The van der Waals surface area contributed by atoms with Crippen molar-refractivity contribution in [2.24, 2.45) is 5.92 Å². The van der Waals surface area contributed by atoms with Gasteiger partial charge in [-0.15, -0.1) is 0 Å². The molecular formula is C23H41NO3. The van der Waals surface area contributed by atoms with E-state index in [4.69, 9.17) is 4.74 Å². The molecule has 1 N–H and O–H groups in total. The van der Waals surface area contributed by atoms with Crippen molar-refractivity contribution in [3.05, 3.63) is 35.9 Å². The molecule has 2 unspecified atom stereocenters. The van der Waals surface area contributed by atoms with E-state index in [1.54, 1.807) is 21.0 Å². The van der Waals surface area contributed by atoms with Crippen LogP contribution in [-0.2, 0) is 14.3 Å². The topological polar surface area (TPSA) is 55.4 Å². The van der Waals surface area contributed by atoms with E-state index < -0.39 is 11.6 Å². The lowest BCUT2D eigenvalue weighted by molar-refractivity contribution is -0.134. The molecule has 4 heteroatoms. The molecular weight excluding hydrogens is 338 g/mol. The fourth-order valence-corrected chi connectivity index (χ4v) is 2.69. The summed E-state index contributed by atoms with van der Waals surface area (Å²) in [5.41, 5.74) is 0.474. The number of benzene rings is 1. The van der Waals surface area contributed by atoms with Gasteiger partial charge in [-0.05, 0) is 38.7 Å². The lowest BCUT2D eigenvalue weighted by Gasteiger charge is -2.31. The van der Waals surface area contributed by atoms with E-state index in [1.165, 1.54) is 12.5 Å². The summed E-state index contributed by atoms with van der Waals surface area (Å²) in [5.74, 6) is 0.0765. The molecule has 3 atom stereocenters. The molecule has 1 amide bonds. The largest absolute Gasteiger partial charge is 0.376 e. The van der Waals surface area contributed by atoms with Crippen LogP contribution in [0.3, 0.4) is 0 Å². The Labute approximate surface area is 167 Å². The number of methoxy groups -OCH3 is 1. The van der Waals surface area contributed by atoms with Gasteiger partial charge in [0, 0.05) is 13.0 Å². The number of carbonyl (C=O) groups is 2. The van der Waals surface area contributed by atoms with E-state index in [-0.39, 0.29) is 23.5 Å². The number of carbonyl (C=O) groups excluding carboxylic acids is 2. The van der Waals surface area contributed by atoms with E-state index in [0.717, 1.165) is 6.42 Å².